The van der Waals surface area contributed by atoms with E-state index in [-0.39, 0.29) is 29.8 Å². The lowest BCUT2D eigenvalue weighted by Gasteiger charge is -2.33. The number of piperidine rings is 1. The summed E-state index contributed by atoms with van der Waals surface area (Å²) < 4.78 is 32.7. The summed E-state index contributed by atoms with van der Waals surface area (Å²) in [6.07, 6.45) is 2.52. The van der Waals surface area contributed by atoms with E-state index in [0.717, 1.165) is 38.0 Å². The fourth-order valence-electron chi connectivity index (χ4n) is 6.11. The molecule has 0 bridgehead atoms. The van der Waals surface area contributed by atoms with Gasteiger partial charge in [-0.05, 0) is 62.7 Å². The summed E-state index contributed by atoms with van der Waals surface area (Å²) in [6.45, 7) is 3.10. The Balaban J connectivity index is 1.17. The van der Waals surface area contributed by atoms with Crippen LogP contribution < -0.4 is 4.74 Å². The Morgan fingerprint density at radius 2 is 1.93 bits per heavy atom. The number of pyridine rings is 1. The number of carboxylic acids is 1. The van der Waals surface area contributed by atoms with Gasteiger partial charge < -0.3 is 23.9 Å². The molecule has 11 heteroatoms. The lowest BCUT2D eigenvalue weighted by molar-refractivity contribution is -0.0591. The van der Waals surface area contributed by atoms with Gasteiger partial charge in [0, 0.05) is 54.0 Å². The van der Waals surface area contributed by atoms with Crippen LogP contribution in [0.4, 0.5) is 4.39 Å². The van der Waals surface area contributed by atoms with Crippen LogP contribution in [-0.4, -0.2) is 64.4 Å². The summed E-state index contributed by atoms with van der Waals surface area (Å²) >= 11 is 0. The number of halogens is 1. The standard InChI is InChI=1S/C34H33FN4O6/c1-43-34(42)23-7-8-26-29(16-23)39(18-25-11-14-44-25)30(32(26)33(40)41)19-38-12-9-22(10-13-38)28-3-2-4-31(37-28)45-20-24-6-5-21(17-36)15-27(24)35/h2-8,15-16,22,25H,9-14,18-20H2,1H3,(H,40,41)/t25-/m0/s1. The molecule has 0 unspecified atom stereocenters. The van der Waals surface area contributed by atoms with Gasteiger partial charge in [0.1, 0.15) is 12.4 Å². The molecule has 1 N–H and O–H groups in total. The number of nitrogens with zero attached hydrogens (tertiary/aromatic N) is 4. The largest absolute Gasteiger partial charge is 0.478 e. The summed E-state index contributed by atoms with van der Waals surface area (Å²) in [4.78, 5) is 31.8. The van der Waals surface area contributed by atoms with E-state index < -0.39 is 17.8 Å². The molecule has 6 rings (SSSR count). The van der Waals surface area contributed by atoms with Crippen molar-refractivity contribution in [2.45, 2.75) is 51.0 Å². The second-order valence-electron chi connectivity index (χ2n) is 11.4. The predicted molar refractivity (Wildman–Crippen MR) is 162 cm³/mol. The minimum atomic E-state index is -1.01. The van der Waals surface area contributed by atoms with E-state index in [1.807, 2.05) is 22.8 Å². The maximum Gasteiger partial charge on any atom is 0.338 e. The molecular weight excluding hydrogens is 579 g/mol. The summed E-state index contributed by atoms with van der Waals surface area (Å²) in [6, 6.07) is 16.8. The van der Waals surface area contributed by atoms with Crippen molar-refractivity contribution in [1.29, 1.82) is 5.26 Å². The first-order valence-corrected chi connectivity index (χ1v) is 14.9. The third-order valence-corrected chi connectivity index (χ3v) is 8.67. The van der Waals surface area contributed by atoms with Gasteiger partial charge in [-0.15, -0.1) is 0 Å². The molecule has 0 radical (unpaired) electrons. The molecule has 2 saturated heterocycles. The zero-order valence-corrected chi connectivity index (χ0v) is 24.9. The number of likely N-dealkylation sites (tertiary alicyclic amines) is 1. The highest BCUT2D eigenvalue weighted by Crippen LogP contribution is 2.33. The van der Waals surface area contributed by atoms with Crippen LogP contribution in [0.3, 0.4) is 0 Å². The average Bonchev–Trinajstić information content (AvgIpc) is 3.34. The number of carbonyl (C=O) groups excluding carboxylic acids is 1. The molecule has 10 nitrogen and oxygen atoms in total. The van der Waals surface area contributed by atoms with Crippen molar-refractivity contribution >= 4 is 22.8 Å². The number of carbonyl (C=O) groups is 2. The minimum absolute atomic E-state index is 0.000625. The SMILES string of the molecule is COC(=O)c1ccc2c(C(=O)O)c(CN3CCC(c4cccc(OCc5ccc(C#N)cc5F)n4)CC3)n(C[C@@H]3CCO3)c2c1. The minimum Gasteiger partial charge on any atom is -0.478 e. The molecule has 4 heterocycles. The van der Waals surface area contributed by atoms with Gasteiger partial charge in [-0.25, -0.2) is 19.0 Å². The molecule has 2 aliphatic rings. The molecule has 0 aliphatic carbocycles. The van der Waals surface area contributed by atoms with Crippen molar-refractivity contribution in [1.82, 2.24) is 14.5 Å². The van der Waals surface area contributed by atoms with E-state index in [0.29, 0.717) is 53.3 Å². The summed E-state index contributed by atoms with van der Waals surface area (Å²) in [5, 5.41) is 19.8. The first kappa shape index (κ1) is 30.2. The normalized spacial score (nSPS) is 17.0. The Labute approximate surface area is 259 Å². The number of nitriles is 1. The first-order valence-electron chi connectivity index (χ1n) is 14.9. The van der Waals surface area contributed by atoms with Gasteiger partial charge in [0.25, 0.3) is 0 Å². The summed E-state index contributed by atoms with van der Waals surface area (Å²) in [5.74, 6) is -1.39. The lowest BCUT2D eigenvalue weighted by Crippen LogP contribution is -2.35. The van der Waals surface area contributed by atoms with Crippen molar-refractivity contribution in [2.24, 2.45) is 0 Å². The van der Waals surface area contributed by atoms with Gasteiger partial charge >= 0.3 is 11.9 Å². The third-order valence-electron chi connectivity index (χ3n) is 8.67. The molecule has 2 aliphatic heterocycles. The van der Waals surface area contributed by atoms with E-state index in [4.69, 9.17) is 24.5 Å². The molecule has 2 fully saturated rings. The van der Waals surface area contributed by atoms with Crippen molar-refractivity contribution in [3.05, 3.63) is 94.1 Å². The Bertz CT molecular complexity index is 1790. The number of hydrogen-bond donors (Lipinski definition) is 1. The van der Waals surface area contributed by atoms with Gasteiger partial charge in [0.15, 0.2) is 0 Å². The number of methoxy groups -OCH3 is 1. The number of ether oxygens (including phenoxy) is 3. The molecule has 4 aromatic rings. The highest BCUT2D eigenvalue weighted by atomic mass is 19.1. The number of esters is 1. The zero-order valence-electron chi connectivity index (χ0n) is 24.9. The monoisotopic (exact) mass is 612 g/mol. The highest BCUT2D eigenvalue weighted by Gasteiger charge is 2.30. The van der Waals surface area contributed by atoms with Crippen molar-refractivity contribution in [3.63, 3.8) is 0 Å². The molecule has 0 amide bonds. The molecular formula is C34H33FN4O6. The second-order valence-corrected chi connectivity index (χ2v) is 11.4. The van der Waals surface area contributed by atoms with Crippen LogP contribution in [0, 0.1) is 17.1 Å². The fraction of sp³-hybridized carbons (Fsp3) is 0.353. The Morgan fingerprint density at radius 1 is 1.13 bits per heavy atom. The van der Waals surface area contributed by atoms with E-state index in [9.17, 15) is 19.1 Å². The number of aromatic nitrogens is 2. The van der Waals surface area contributed by atoms with E-state index in [1.165, 1.54) is 13.2 Å². The number of benzene rings is 2. The Kier molecular flexibility index (Phi) is 8.78. The fourth-order valence-corrected chi connectivity index (χ4v) is 6.11. The quantitative estimate of drug-likeness (QED) is 0.238. The van der Waals surface area contributed by atoms with Gasteiger partial charge in [-0.1, -0.05) is 18.2 Å². The van der Waals surface area contributed by atoms with Crippen LogP contribution in [0.25, 0.3) is 10.9 Å². The van der Waals surface area contributed by atoms with Crippen LogP contribution in [0.1, 0.15) is 68.4 Å². The van der Waals surface area contributed by atoms with Crippen molar-refractivity contribution in [2.75, 3.05) is 26.8 Å². The van der Waals surface area contributed by atoms with Gasteiger partial charge in [-0.3, -0.25) is 4.90 Å². The number of fused-ring (bicyclic) bond motifs is 1. The molecule has 2 aromatic carbocycles. The average molecular weight is 613 g/mol. The summed E-state index contributed by atoms with van der Waals surface area (Å²) in [7, 11) is 1.32. The maximum atomic E-state index is 14.3. The number of rotatable bonds is 10. The maximum absolute atomic E-state index is 14.3. The molecule has 2 aromatic heterocycles. The van der Waals surface area contributed by atoms with Gasteiger partial charge in [0.2, 0.25) is 5.88 Å². The number of hydrogen-bond acceptors (Lipinski definition) is 8. The van der Waals surface area contributed by atoms with E-state index >= 15 is 0 Å². The first-order chi connectivity index (χ1) is 21.8. The van der Waals surface area contributed by atoms with Crippen LogP contribution in [0.2, 0.25) is 0 Å². The topological polar surface area (TPSA) is 127 Å². The Hall–Kier alpha value is -4.79. The van der Waals surface area contributed by atoms with Crippen molar-refractivity contribution in [3.8, 4) is 11.9 Å². The molecule has 0 spiro atoms. The number of aromatic carboxylic acids is 1. The molecule has 0 saturated carbocycles. The zero-order chi connectivity index (χ0) is 31.5. The van der Waals surface area contributed by atoms with Crippen LogP contribution in [0.5, 0.6) is 5.88 Å². The van der Waals surface area contributed by atoms with E-state index in [1.54, 1.807) is 36.4 Å². The second kappa shape index (κ2) is 13.1. The van der Waals surface area contributed by atoms with Crippen LogP contribution in [-0.2, 0) is 29.2 Å². The van der Waals surface area contributed by atoms with Crippen molar-refractivity contribution < 1.29 is 33.3 Å². The highest BCUT2D eigenvalue weighted by molar-refractivity contribution is 6.06. The molecule has 45 heavy (non-hydrogen) atoms. The summed E-state index contributed by atoms with van der Waals surface area (Å²) in [5.41, 5.74) is 3.47. The lowest BCUT2D eigenvalue weighted by atomic mass is 9.93. The smallest absolute Gasteiger partial charge is 0.338 e. The predicted octanol–water partition coefficient (Wildman–Crippen LogP) is 5.28. The van der Waals surface area contributed by atoms with E-state index in [2.05, 4.69) is 4.90 Å². The third kappa shape index (κ3) is 6.38. The van der Waals surface area contributed by atoms with Gasteiger partial charge in [0.05, 0.1) is 41.5 Å². The molecule has 232 valence electrons. The number of carboxylic acid groups (broad SMARTS) is 1. The van der Waals surface area contributed by atoms with Gasteiger partial charge in [-0.2, -0.15) is 5.26 Å². The Morgan fingerprint density at radius 3 is 2.60 bits per heavy atom. The molecule has 1 atom stereocenters. The van der Waals surface area contributed by atoms with Crippen LogP contribution in [0.15, 0.2) is 54.6 Å². The van der Waals surface area contributed by atoms with Crippen LogP contribution >= 0.6 is 0 Å².